The maximum atomic E-state index is 14.3. The van der Waals surface area contributed by atoms with Gasteiger partial charge in [0.1, 0.15) is 12.0 Å². The third-order valence-electron chi connectivity index (χ3n) is 6.45. The number of anilines is 1. The van der Waals surface area contributed by atoms with Gasteiger partial charge in [-0.2, -0.15) is 0 Å². The number of hydrogen-bond donors (Lipinski definition) is 1. The minimum atomic E-state index is -0.961. The van der Waals surface area contributed by atoms with E-state index in [0.717, 1.165) is 53.9 Å². The van der Waals surface area contributed by atoms with Gasteiger partial charge in [-0.3, -0.25) is 0 Å². The molecule has 2 aliphatic carbocycles. The minimum Gasteiger partial charge on any atom is -0.366 e. The Morgan fingerprint density at radius 1 is 1.24 bits per heavy atom. The molecule has 172 valence electrons. The third kappa shape index (κ3) is 5.27. The Morgan fingerprint density at radius 2 is 2.03 bits per heavy atom. The Morgan fingerprint density at radius 3 is 2.70 bits per heavy atom. The topological polar surface area (TPSA) is 37.8 Å². The van der Waals surface area contributed by atoms with E-state index in [-0.39, 0.29) is 0 Å². The first-order valence-corrected chi connectivity index (χ1v) is 12.1. The Labute approximate surface area is 201 Å². The Bertz CT molecular complexity index is 1100. The van der Waals surface area contributed by atoms with Gasteiger partial charge in [0.2, 0.25) is 0 Å². The monoisotopic (exact) mass is 463 g/mol. The second kappa shape index (κ2) is 10.5. The van der Waals surface area contributed by atoms with Gasteiger partial charge in [-0.1, -0.05) is 61.5 Å². The molecule has 1 N–H and O–H groups in total. The number of benzene rings is 1. The Kier molecular flexibility index (Phi) is 7.44. The minimum absolute atomic E-state index is 0.341. The van der Waals surface area contributed by atoms with Gasteiger partial charge in [-0.25, -0.2) is 14.4 Å². The molecule has 0 radical (unpaired) electrons. The highest BCUT2D eigenvalue weighted by Gasteiger charge is 2.30. The first kappa shape index (κ1) is 23.4. The van der Waals surface area contributed by atoms with E-state index in [1.165, 1.54) is 5.57 Å². The molecule has 4 rings (SSSR count). The van der Waals surface area contributed by atoms with E-state index in [1.807, 2.05) is 42.5 Å². The second-order valence-electron chi connectivity index (χ2n) is 8.77. The van der Waals surface area contributed by atoms with Crippen molar-refractivity contribution in [1.82, 2.24) is 9.97 Å². The lowest BCUT2D eigenvalue weighted by Crippen LogP contribution is -2.18. The standard InChI is InChI=1S/C28H31ClFN3/c1-4-9-18(5-2)23-15-14-21(30)16-20(23)17-31-27-22(6-3)26(19-12-13-19)32-28(33-27)24-10-7-8-11-25(24)29/h4,6-8,10-11,14-15,18-19,21H,1,3,5,9,12-13,16-17H2,2H3,(H,31,32,33). The van der Waals surface area contributed by atoms with Gasteiger partial charge in [0.05, 0.1) is 10.7 Å². The van der Waals surface area contributed by atoms with Gasteiger partial charge in [0, 0.05) is 30.0 Å². The van der Waals surface area contributed by atoms with Crippen LogP contribution < -0.4 is 5.32 Å². The largest absolute Gasteiger partial charge is 0.366 e. The van der Waals surface area contributed by atoms with Crippen molar-refractivity contribution in [1.29, 1.82) is 0 Å². The molecule has 0 amide bonds. The molecule has 1 aromatic heterocycles. The predicted molar refractivity (Wildman–Crippen MR) is 137 cm³/mol. The van der Waals surface area contributed by atoms with Crippen LogP contribution >= 0.6 is 11.6 Å². The van der Waals surface area contributed by atoms with Crippen molar-refractivity contribution in [3.8, 4) is 11.4 Å². The van der Waals surface area contributed by atoms with Crippen molar-refractivity contribution < 1.29 is 4.39 Å². The van der Waals surface area contributed by atoms with Crippen molar-refractivity contribution in [2.75, 3.05) is 11.9 Å². The molecule has 1 heterocycles. The van der Waals surface area contributed by atoms with Gasteiger partial charge < -0.3 is 5.32 Å². The maximum absolute atomic E-state index is 14.3. The number of halogens is 2. The summed E-state index contributed by atoms with van der Waals surface area (Å²) in [5, 5.41) is 4.13. The fourth-order valence-corrected chi connectivity index (χ4v) is 4.73. The lowest BCUT2D eigenvalue weighted by Gasteiger charge is -2.25. The molecule has 2 aromatic rings. The molecule has 2 atom stereocenters. The van der Waals surface area contributed by atoms with E-state index < -0.39 is 6.17 Å². The molecule has 2 unspecified atom stereocenters. The number of hydrogen-bond acceptors (Lipinski definition) is 3. The zero-order valence-electron chi connectivity index (χ0n) is 19.2. The highest BCUT2D eigenvalue weighted by atomic mass is 35.5. The quantitative estimate of drug-likeness (QED) is 0.363. The Balaban J connectivity index is 1.71. The van der Waals surface area contributed by atoms with Crippen LogP contribution in [-0.4, -0.2) is 22.7 Å². The summed E-state index contributed by atoms with van der Waals surface area (Å²) < 4.78 is 14.3. The predicted octanol–water partition coefficient (Wildman–Crippen LogP) is 7.93. The zero-order chi connectivity index (χ0) is 23.4. The maximum Gasteiger partial charge on any atom is 0.163 e. The van der Waals surface area contributed by atoms with Crippen LogP contribution in [-0.2, 0) is 0 Å². The van der Waals surface area contributed by atoms with Gasteiger partial charge in [-0.05, 0) is 54.9 Å². The molecule has 0 bridgehead atoms. The fourth-order valence-electron chi connectivity index (χ4n) is 4.51. The van der Waals surface area contributed by atoms with E-state index >= 15 is 0 Å². The molecular formula is C28H31ClFN3. The lowest BCUT2D eigenvalue weighted by atomic mass is 9.84. The van der Waals surface area contributed by atoms with E-state index in [2.05, 4.69) is 25.4 Å². The van der Waals surface area contributed by atoms with E-state index in [9.17, 15) is 4.39 Å². The number of rotatable bonds is 10. The SMILES string of the molecule is C=CCC(CC)C1=C(CNc2nc(-c3ccccc3Cl)nc(C3CC3)c2C=C)CC(F)C=C1. The van der Waals surface area contributed by atoms with Gasteiger partial charge >= 0.3 is 0 Å². The zero-order valence-corrected chi connectivity index (χ0v) is 19.9. The van der Waals surface area contributed by atoms with Crippen LogP contribution in [0.2, 0.25) is 5.02 Å². The number of nitrogens with one attached hydrogen (secondary N) is 1. The average molecular weight is 464 g/mol. The first-order valence-electron chi connectivity index (χ1n) is 11.7. The van der Waals surface area contributed by atoms with Gasteiger partial charge in [-0.15, -0.1) is 6.58 Å². The lowest BCUT2D eigenvalue weighted by molar-refractivity contribution is 0.389. The van der Waals surface area contributed by atoms with Crippen LogP contribution in [0.1, 0.15) is 56.2 Å². The van der Waals surface area contributed by atoms with Gasteiger partial charge in [0.15, 0.2) is 5.82 Å². The summed E-state index contributed by atoms with van der Waals surface area (Å²) in [6.45, 7) is 10.6. The second-order valence-corrected chi connectivity index (χ2v) is 9.18. The highest BCUT2D eigenvalue weighted by Crippen LogP contribution is 2.43. The molecule has 2 aliphatic rings. The molecule has 33 heavy (non-hydrogen) atoms. The fraction of sp³-hybridized carbons (Fsp3) is 0.357. The molecule has 0 saturated heterocycles. The molecule has 3 nitrogen and oxygen atoms in total. The van der Waals surface area contributed by atoms with E-state index in [1.54, 1.807) is 6.08 Å². The summed E-state index contributed by atoms with van der Waals surface area (Å²) in [5.74, 6) is 2.09. The number of nitrogens with zero attached hydrogens (tertiary/aromatic N) is 2. The van der Waals surface area contributed by atoms with Crippen molar-refractivity contribution in [3.63, 3.8) is 0 Å². The average Bonchev–Trinajstić information content (AvgIpc) is 3.67. The number of aromatic nitrogens is 2. The van der Waals surface area contributed by atoms with Crippen molar-refractivity contribution in [2.24, 2.45) is 5.92 Å². The molecule has 5 heteroatoms. The van der Waals surface area contributed by atoms with Crippen LogP contribution in [0.15, 0.2) is 66.8 Å². The van der Waals surface area contributed by atoms with Crippen LogP contribution in [0.3, 0.4) is 0 Å². The highest BCUT2D eigenvalue weighted by molar-refractivity contribution is 6.33. The number of alkyl halides is 1. The molecular weight excluding hydrogens is 433 g/mol. The van der Waals surface area contributed by atoms with Crippen molar-refractivity contribution in [3.05, 3.63) is 83.1 Å². The third-order valence-corrected chi connectivity index (χ3v) is 6.77. The molecule has 0 aliphatic heterocycles. The summed E-state index contributed by atoms with van der Waals surface area (Å²) in [6.07, 6.45) is 10.9. The molecule has 0 spiro atoms. The molecule has 1 saturated carbocycles. The molecule has 1 fully saturated rings. The van der Waals surface area contributed by atoms with Crippen molar-refractivity contribution in [2.45, 2.75) is 51.1 Å². The summed E-state index contributed by atoms with van der Waals surface area (Å²) in [7, 11) is 0. The van der Waals surface area contributed by atoms with Crippen LogP contribution in [0.25, 0.3) is 17.5 Å². The van der Waals surface area contributed by atoms with Crippen LogP contribution in [0.4, 0.5) is 10.2 Å². The summed E-state index contributed by atoms with van der Waals surface area (Å²) in [5.41, 5.74) is 5.04. The van der Waals surface area contributed by atoms with E-state index in [4.69, 9.17) is 21.6 Å². The van der Waals surface area contributed by atoms with Gasteiger partial charge in [0.25, 0.3) is 0 Å². The summed E-state index contributed by atoms with van der Waals surface area (Å²) in [6, 6.07) is 7.62. The van der Waals surface area contributed by atoms with Crippen LogP contribution in [0.5, 0.6) is 0 Å². The summed E-state index contributed by atoms with van der Waals surface area (Å²) >= 11 is 6.46. The number of allylic oxidation sites excluding steroid dienone is 4. The van der Waals surface area contributed by atoms with Crippen LogP contribution in [0, 0.1) is 5.92 Å². The van der Waals surface area contributed by atoms with Crippen molar-refractivity contribution >= 4 is 23.5 Å². The summed E-state index contributed by atoms with van der Waals surface area (Å²) in [4.78, 5) is 9.73. The first-order chi connectivity index (χ1) is 16.0. The van der Waals surface area contributed by atoms with E-state index in [0.29, 0.717) is 35.6 Å². The smallest absolute Gasteiger partial charge is 0.163 e. The normalized spacial score (nSPS) is 18.8. The Hall–Kier alpha value is -2.72. The molecule has 1 aromatic carbocycles.